The zero-order valence-corrected chi connectivity index (χ0v) is 16.2. The summed E-state index contributed by atoms with van der Waals surface area (Å²) in [7, 11) is 0. The summed E-state index contributed by atoms with van der Waals surface area (Å²) in [5.74, 6) is 0. The molecule has 0 fully saturated rings. The first-order chi connectivity index (χ1) is 13.1. The molecule has 0 aromatic carbocycles. The van der Waals surface area contributed by atoms with Gasteiger partial charge in [-0.1, -0.05) is 67.7 Å². The zero-order chi connectivity index (χ0) is 20.2. The Kier molecular flexibility index (Phi) is 17.0. The van der Waals surface area contributed by atoms with Gasteiger partial charge in [0.15, 0.2) is 6.29 Å². The van der Waals surface area contributed by atoms with Gasteiger partial charge in [-0.2, -0.15) is 0 Å². The average Bonchev–Trinajstić information content (AvgIpc) is 2.65. The van der Waals surface area contributed by atoms with Gasteiger partial charge in [0.25, 0.3) is 0 Å². The molecule has 0 aromatic heterocycles. The standard InChI is InChI=1S/C22H32NO4/c1-2-3-4-5-6-7-8-9-10-11-12-13-14-15-16-18-21(23(26)27)22(25)19-17-20-24/h3-4,6-7,9-10,12-13,15-16,21-22,25H,2,5,8,11,14,17-19H2,1H3/b4-3-,7-6-,10-9-,13-12-,16-15-. The molecule has 149 valence electrons. The summed E-state index contributed by atoms with van der Waals surface area (Å²) < 4.78 is 0. The summed E-state index contributed by atoms with van der Waals surface area (Å²) in [5.41, 5.74) is 0. The second-order valence-corrected chi connectivity index (χ2v) is 6.05. The average molecular weight is 375 g/mol. The Morgan fingerprint density at radius 3 is 1.74 bits per heavy atom. The van der Waals surface area contributed by atoms with E-state index < -0.39 is 17.1 Å². The van der Waals surface area contributed by atoms with Crippen LogP contribution in [0, 0.1) is 10.1 Å². The highest BCUT2D eigenvalue weighted by Gasteiger charge is 2.27. The van der Waals surface area contributed by atoms with Crippen molar-refractivity contribution in [2.24, 2.45) is 0 Å². The number of aliphatic hydroxyl groups is 1. The van der Waals surface area contributed by atoms with Crippen molar-refractivity contribution in [1.82, 2.24) is 0 Å². The highest BCUT2D eigenvalue weighted by Crippen LogP contribution is 2.10. The minimum atomic E-state index is -1.12. The van der Waals surface area contributed by atoms with Crippen molar-refractivity contribution in [3.05, 3.63) is 70.9 Å². The van der Waals surface area contributed by atoms with Gasteiger partial charge >= 0.3 is 0 Å². The van der Waals surface area contributed by atoms with E-state index in [-0.39, 0.29) is 19.3 Å². The number of hydrogen-bond donors (Lipinski definition) is 1. The number of rotatable bonds is 16. The highest BCUT2D eigenvalue weighted by molar-refractivity contribution is 5.50. The maximum atomic E-state index is 11.0. The third kappa shape index (κ3) is 15.7. The lowest BCUT2D eigenvalue weighted by atomic mass is 10.0. The number of aliphatic hydroxyl groups excluding tert-OH is 1. The molecule has 0 aliphatic carbocycles. The van der Waals surface area contributed by atoms with Gasteiger partial charge in [0.1, 0.15) is 6.10 Å². The third-order valence-corrected chi connectivity index (χ3v) is 3.79. The van der Waals surface area contributed by atoms with Gasteiger partial charge in [-0.15, -0.1) is 0 Å². The van der Waals surface area contributed by atoms with Crippen LogP contribution in [0.2, 0.25) is 0 Å². The fourth-order valence-corrected chi connectivity index (χ4v) is 2.27. The topological polar surface area (TPSA) is 80.4 Å². The van der Waals surface area contributed by atoms with Gasteiger partial charge in [-0.3, -0.25) is 14.9 Å². The fourth-order valence-electron chi connectivity index (χ4n) is 2.27. The number of nitrogens with zero attached hydrogens (tertiary/aromatic N) is 1. The molecule has 27 heavy (non-hydrogen) atoms. The zero-order valence-electron chi connectivity index (χ0n) is 16.2. The van der Waals surface area contributed by atoms with Gasteiger partial charge in [0.2, 0.25) is 6.04 Å². The maximum absolute atomic E-state index is 11.0. The van der Waals surface area contributed by atoms with Crippen LogP contribution in [0.5, 0.6) is 0 Å². The van der Waals surface area contributed by atoms with E-state index >= 15 is 0 Å². The molecule has 1 N–H and O–H groups in total. The minimum Gasteiger partial charge on any atom is -0.386 e. The van der Waals surface area contributed by atoms with Crippen LogP contribution in [0.25, 0.3) is 0 Å². The molecule has 0 aromatic rings. The molecule has 5 heteroatoms. The number of carbonyl (C=O) groups excluding carboxylic acids is 1. The third-order valence-electron chi connectivity index (χ3n) is 3.79. The Morgan fingerprint density at radius 1 is 0.889 bits per heavy atom. The number of nitro groups is 1. The summed E-state index contributed by atoms with van der Waals surface area (Å²) >= 11 is 0. The first-order valence-electron chi connectivity index (χ1n) is 9.55. The molecule has 5 nitrogen and oxygen atoms in total. The van der Waals surface area contributed by atoms with E-state index in [1.165, 1.54) is 0 Å². The molecule has 0 amide bonds. The van der Waals surface area contributed by atoms with E-state index in [0.717, 1.165) is 25.7 Å². The molecule has 0 saturated heterocycles. The van der Waals surface area contributed by atoms with E-state index in [1.807, 2.05) is 18.2 Å². The molecular formula is C22H32NO4. The van der Waals surface area contributed by atoms with Crippen molar-refractivity contribution in [2.75, 3.05) is 0 Å². The Hall–Kier alpha value is -2.27. The summed E-state index contributed by atoms with van der Waals surface area (Å²) in [6.45, 7) is 2.12. The Morgan fingerprint density at radius 2 is 1.33 bits per heavy atom. The van der Waals surface area contributed by atoms with Gasteiger partial charge in [0, 0.05) is 17.8 Å². The van der Waals surface area contributed by atoms with E-state index in [0.29, 0.717) is 6.42 Å². The lowest BCUT2D eigenvalue weighted by Crippen LogP contribution is -2.33. The molecule has 0 bridgehead atoms. The molecule has 0 aliphatic heterocycles. The first-order valence-corrected chi connectivity index (χ1v) is 9.55. The van der Waals surface area contributed by atoms with Crippen molar-refractivity contribution >= 4 is 6.29 Å². The van der Waals surface area contributed by atoms with Gasteiger partial charge in [-0.05, 0) is 38.5 Å². The predicted molar refractivity (Wildman–Crippen MR) is 111 cm³/mol. The van der Waals surface area contributed by atoms with E-state index in [9.17, 15) is 20.0 Å². The van der Waals surface area contributed by atoms with Crippen molar-refractivity contribution < 1.29 is 14.8 Å². The summed E-state index contributed by atoms with van der Waals surface area (Å²) in [5, 5.41) is 20.7. The van der Waals surface area contributed by atoms with Crippen molar-refractivity contribution in [3.63, 3.8) is 0 Å². The second kappa shape index (κ2) is 18.5. The minimum absolute atomic E-state index is 0.0111. The predicted octanol–water partition coefficient (Wildman–Crippen LogP) is 5.02. The number of hydrogen-bond acceptors (Lipinski definition) is 4. The molecule has 1 radical (unpaired) electrons. The molecule has 2 atom stereocenters. The second-order valence-electron chi connectivity index (χ2n) is 6.05. The van der Waals surface area contributed by atoms with E-state index in [2.05, 4.69) is 43.4 Å². The van der Waals surface area contributed by atoms with Crippen LogP contribution in [0.1, 0.15) is 58.3 Å². The van der Waals surface area contributed by atoms with E-state index in [1.54, 1.807) is 12.4 Å². The monoisotopic (exact) mass is 374 g/mol. The molecule has 2 unspecified atom stereocenters. The molecule has 0 aliphatic rings. The maximum Gasteiger partial charge on any atom is 0.241 e. The summed E-state index contributed by atoms with van der Waals surface area (Å²) in [6.07, 6.45) is 25.8. The molecule has 0 saturated carbocycles. The van der Waals surface area contributed by atoms with Gasteiger partial charge in [-0.25, -0.2) is 0 Å². The van der Waals surface area contributed by atoms with Crippen molar-refractivity contribution in [1.29, 1.82) is 0 Å². The SMILES string of the molecule is CC/C=C\C/C=C\C/C=C\C/C=C\C/C=C\CC(C(O)CC[C]=O)[N+](=O)[O-]. The van der Waals surface area contributed by atoms with Crippen LogP contribution < -0.4 is 0 Å². The molecule has 0 spiro atoms. The van der Waals surface area contributed by atoms with Crippen LogP contribution in [0.15, 0.2) is 60.8 Å². The van der Waals surface area contributed by atoms with E-state index in [4.69, 9.17) is 0 Å². The summed E-state index contributed by atoms with van der Waals surface area (Å²) in [4.78, 5) is 20.6. The van der Waals surface area contributed by atoms with Crippen molar-refractivity contribution in [3.8, 4) is 0 Å². The largest absolute Gasteiger partial charge is 0.386 e. The van der Waals surface area contributed by atoms with Crippen LogP contribution in [0.4, 0.5) is 0 Å². The number of allylic oxidation sites excluding steroid dienone is 9. The lowest BCUT2D eigenvalue weighted by molar-refractivity contribution is -0.533. The van der Waals surface area contributed by atoms with Crippen LogP contribution in [0.3, 0.4) is 0 Å². The van der Waals surface area contributed by atoms with Crippen LogP contribution >= 0.6 is 0 Å². The van der Waals surface area contributed by atoms with Gasteiger partial charge < -0.3 is 5.11 Å². The summed E-state index contributed by atoms with van der Waals surface area (Å²) in [6, 6.07) is -1.08. The highest BCUT2D eigenvalue weighted by atomic mass is 16.6. The molecule has 0 rings (SSSR count). The molecule has 0 heterocycles. The molecular weight excluding hydrogens is 342 g/mol. The first kappa shape index (κ1) is 24.7. The quantitative estimate of drug-likeness (QED) is 0.233. The lowest BCUT2D eigenvalue weighted by Gasteiger charge is -2.13. The van der Waals surface area contributed by atoms with Gasteiger partial charge in [0.05, 0.1) is 0 Å². The van der Waals surface area contributed by atoms with Crippen LogP contribution in [-0.2, 0) is 4.79 Å². The normalized spacial score (nSPS) is 14.9. The van der Waals surface area contributed by atoms with Crippen LogP contribution in [-0.4, -0.2) is 28.5 Å². The van der Waals surface area contributed by atoms with Crippen molar-refractivity contribution in [2.45, 2.75) is 70.4 Å². The Bertz CT molecular complexity index is 532. The Labute approximate surface area is 163 Å². The fraction of sp³-hybridized carbons (Fsp3) is 0.500. The smallest absolute Gasteiger partial charge is 0.241 e. The Balaban J connectivity index is 3.93.